The monoisotopic (exact) mass is 443 g/mol. The maximum absolute atomic E-state index is 12.0. The molecule has 0 amide bonds. The van der Waals surface area contributed by atoms with Gasteiger partial charge < -0.3 is 9.80 Å². The number of aromatic nitrogens is 2. The van der Waals surface area contributed by atoms with Crippen LogP contribution in [0.1, 0.15) is 29.1 Å². The molecule has 0 saturated carbocycles. The van der Waals surface area contributed by atoms with Crippen molar-refractivity contribution in [2.75, 3.05) is 36.0 Å². The summed E-state index contributed by atoms with van der Waals surface area (Å²) in [6.45, 7) is 4.93. The summed E-state index contributed by atoms with van der Waals surface area (Å²) in [5.41, 5.74) is 2.12. The number of para-hydroxylation sites is 1. The highest BCUT2D eigenvalue weighted by Gasteiger charge is 2.27. The number of thiophene rings is 1. The van der Waals surface area contributed by atoms with E-state index in [1.807, 2.05) is 30.4 Å². The van der Waals surface area contributed by atoms with Crippen molar-refractivity contribution in [1.82, 2.24) is 9.97 Å². The highest BCUT2D eigenvalue weighted by atomic mass is 32.2. The molecule has 30 heavy (non-hydrogen) atoms. The summed E-state index contributed by atoms with van der Waals surface area (Å²) in [7, 11) is -3.76. The molecule has 7 nitrogen and oxygen atoms in total. The second-order valence-electron chi connectivity index (χ2n) is 7.97. The number of rotatable bonds is 3. The Morgan fingerprint density at radius 3 is 2.47 bits per heavy atom. The topological polar surface area (TPSA) is 92.4 Å². The van der Waals surface area contributed by atoms with Gasteiger partial charge in [0.05, 0.1) is 11.1 Å². The van der Waals surface area contributed by atoms with Crippen LogP contribution in [0.5, 0.6) is 0 Å². The van der Waals surface area contributed by atoms with Gasteiger partial charge in [-0.05, 0) is 50.3 Å². The van der Waals surface area contributed by atoms with Crippen LogP contribution in [-0.2, 0) is 22.9 Å². The van der Waals surface area contributed by atoms with Crippen LogP contribution in [0.2, 0.25) is 0 Å². The van der Waals surface area contributed by atoms with Gasteiger partial charge in [-0.3, -0.25) is 0 Å². The molecule has 0 bridgehead atoms. The van der Waals surface area contributed by atoms with E-state index in [9.17, 15) is 8.42 Å². The molecular formula is C21H25N5O2S2. The molecule has 158 valence electrons. The molecule has 1 fully saturated rings. The average molecular weight is 444 g/mol. The summed E-state index contributed by atoms with van der Waals surface area (Å²) in [5.74, 6) is 1.84. The number of nitrogens with zero attached hydrogens (tertiary/aromatic N) is 4. The minimum atomic E-state index is -3.76. The van der Waals surface area contributed by atoms with E-state index in [1.165, 1.54) is 28.7 Å². The van der Waals surface area contributed by atoms with Gasteiger partial charge in [0.1, 0.15) is 21.4 Å². The van der Waals surface area contributed by atoms with E-state index in [0.29, 0.717) is 18.8 Å². The van der Waals surface area contributed by atoms with Crippen LogP contribution in [0.15, 0.2) is 29.2 Å². The normalized spacial score (nSPS) is 17.4. The third-order valence-corrected chi connectivity index (χ3v) is 8.14. The molecule has 0 spiro atoms. The number of hydrogen-bond donors (Lipinski definition) is 1. The molecule has 1 aliphatic heterocycles. The van der Waals surface area contributed by atoms with Crippen molar-refractivity contribution < 1.29 is 8.42 Å². The fraction of sp³-hybridized carbons (Fsp3) is 0.429. The highest BCUT2D eigenvalue weighted by Crippen LogP contribution is 2.40. The number of piperazine rings is 1. The van der Waals surface area contributed by atoms with Gasteiger partial charge >= 0.3 is 0 Å². The van der Waals surface area contributed by atoms with Crippen LogP contribution >= 0.6 is 11.3 Å². The Labute approximate surface area is 180 Å². The van der Waals surface area contributed by atoms with Gasteiger partial charge in [0.2, 0.25) is 10.0 Å². The van der Waals surface area contributed by atoms with Crippen molar-refractivity contribution in [3.63, 3.8) is 0 Å². The molecule has 1 aliphatic carbocycles. The van der Waals surface area contributed by atoms with Crippen LogP contribution < -0.4 is 14.9 Å². The first-order valence-corrected chi connectivity index (χ1v) is 12.7. The Kier molecular flexibility index (Phi) is 4.91. The Bertz CT molecular complexity index is 1210. The van der Waals surface area contributed by atoms with E-state index in [-0.39, 0.29) is 4.90 Å². The second kappa shape index (κ2) is 7.47. The summed E-state index contributed by atoms with van der Waals surface area (Å²) >= 11 is 1.83. The first kappa shape index (κ1) is 19.7. The standard InChI is InChI=1S/C21H25N5O2S2/c1-14-23-20(19-15-6-2-4-8-17(15)29-21(19)24-14)26-12-10-25(11-13-26)16-7-3-5-9-18(16)30(22,27)28/h3,5,7,9H,2,4,6,8,10-13H2,1H3,(H2,22,27,28). The molecule has 0 unspecified atom stereocenters. The van der Waals surface area contributed by atoms with E-state index < -0.39 is 10.0 Å². The van der Waals surface area contributed by atoms with Crippen molar-refractivity contribution in [1.29, 1.82) is 0 Å². The molecule has 9 heteroatoms. The second-order valence-corrected chi connectivity index (χ2v) is 10.6. The quantitative estimate of drug-likeness (QED) is 0.669. The molecule has 3 aromatic rings. The van der Waals surface area contributed by atoms with E-state index in [1.54, 1.807) is 12.1 Å². The molecule has 0 radical (unpaired) electrons. The van der Waals surface area contributed by atoms with Gasteiger partial charge in [0.15, 0.2) is 0 Å². The molecule has 3 heterocycles. The van der Waals surface area contributed by atoms with Gasteiger partial charge in [0, 0.05) is 31.1 Å². The zero-order chi connectivity index (χ0) is 20.9. The summed E-state index contributed by atoms with van der Waals surface area (Å²) in [6, 6.07) is 6.97. The summed E-state index contributed by atoms with van der Waals surface area (Å²) < 4.78 is 24.0. The zero-order valence-electron chi connectivity index (χ0n) is 17.0. The third-order valence-electron chi connectivity index (χ3n) is 6.00. The molecule has 5 rings (SSSR count). The van der Waals surface area contributed by atoms with Crippen molar-refractivity contribution in [2.45, 2.75) is 37.5 Å². The van der Waals surface area contributed by atoms with E-state index in [2.05, 4.69) is 9.80 Å². The number of sulfonamides is 1. The Hall–Kier alpha value is -2.23. The Morgan fingerprint density at radius 2 is 1.70 bits per heavy atom. The molecular weight excluding hydrogens is 418 g/mol. The van der Waals surface area contributed by atoms with Gasteiger partial charge in [-0.15, -0.1) is 11.3 Å². The summed E-state index contributed by atoms with van der Waals surface area (Å²) in [5, 5.41) is 6.67. The predicted octanol–water partition coefficient (Wildman–Crippen LogP) is 2.85. The fourth-order valence-electron chi connectivity index (χ4n) is 4.59. The number of fused-ring (bicyclic) bond motifs is 3. The number of hydrogen-bond acceptors (Lipinski definition) is 7. The Balaban J connectivity index is 1.46. The van der Waals surface area contributed by atoms with E-state index >= 15 is 0 Å². The predicted molar refractivity (Wildman–Crippen MR) is 121 cm³/mol. The lowest BCUT2D eigenvalue weighted by atomic mass is 9.97. The van der Waals surface area contributed by atoms with E-state index in [4.69, 9.17) is 15.1 Å². The molecule has 0 atom stereocenters. The first-order valence-electron chi connectivity index (χ1n) is 10.3. The lowest BCUT2D eigenvalue weighted by molar-refractivity contribution is 0.595. The van der Waals surface area contributed by atoms with Crippen LogP contribution in [-0.4, -0.2) is 44.6 Å². The van der Waals surface area contributed by atoms with Crippen LogP contribution in [0, 0.1) is 6.92 Å². The first-order chi connectivity index (χ1) is 14.4. The van der Waals surface area contributed by atoms with Gasteiger partial charge in [0.25, 0.3) is 0 Å². The van der Waals surface area contributed by atoms with Gasteiger partial charge in [-0.2, -0.15) is 0 Å². The number of nitrogens with two attached hydrogens (primary N) is 1. The van der Waals surface area contributed by atoms with Gasteiger partial charge in [-0.1, -0.05) is 12.1 Å². The summed E-state index contributed by atoms with van der Waals surface area (Å²) in [6.07, 6.45) is 4.73. The minimum Gasteiger partial charge on any atom is -0.367 e. The zero-order valence-corrected chi connectivity index (χ0v) is 18.6. The van der Waals surface area contributed by atoms with Crippen molar-refractivity contribution in [3.8, 4) is 0 Å². The Morgan fingerprint density at radius 1 is 1.00 bits per heavy atom. The SMILES string of the molecule is Cc1nc(N2CCN(c3ccccc3S(N)(=O)=O)CC2)c2c3c(sc2n1)CCCC3. The van der Waals surface area contributed by atoms with Crippen LogP contribution in [0.25, 0.3) is 10.2 Å². The molecule has 2 aliphatic rings. The lowest BCUT2D eigenvalue weighted by Crippen LogP contribution is -2.47. The molecule has 2 N–H and O–H groups in total. The average Bonchev–Trinajstić information content (AvgIpc) is 3.11. The molecule has 1 aromatic carbocycles. The fourth-order valence-corrected chi connectivity index (χ4v) is 6.65. The smallest absolute Gasteiger partial charge is 0.240 e. The maximum atomic E-state index is 12.0. The number of anilines is 2. The van der Waals surface area contributed by atoms with Crippen molar-refractivity contribution >= 4 is 43.1 Å². The third kappa shape index (κ3) is 3.44. The van der Waals surface area contributed by atoms with Crippen LogP contribution in [0.3, 0.4) is 0 Å². The van der Waals surface area contributed by atoms with Crippen molar-refractivity contribution in [3.05, 3.63) is 40.5 Å². The minimum absolute atomic E-state index is 0.186. The van der Waals surface area contributed by atoms with E-state index in [0.717, 1.165) is 42.4 Å². The van der Waals surface area contributed by atoms with Crippen molar-refractivity contribution in [2.24, 2.45) is 5.14 Å². The lowest BCUT2D eigenvalue weighted by Gasteiger charge is -2.37. The highest BCUT2D eigenvalue weighted by molar-refractivity contribution is 7.89. The number of primary sulfonamides is 1. The number of aryl methyl sites for hydroxylation is 3. The molecule has 1 saturated heterocycles. The number of benzene rings is 1. The van der Waals surface area contributed by atoms with Crippen LogP contribution in [0.4, 0.5) is 11.5 Å². The van der Waals surface area contributed by atoms with Gasteiger partial charge in [-0.25, -0.2) is 23.5 Å². The molecule has 2 aromatic heterocycles. The largest absolute Gasteiger partial charge is 0.367 e. The maximum Gasteiger partial charge on any atom is 0.240 e. The summed E-state index contributed by atoms with van der Waals surface area (Å²) in [4.78, 5) is 16.8.